The Morgan fingerprint density at radius 3 is 2.42 bits per heavy atom. The summed E-state index contributed by atoms with van der Waals surface area (Å²) in [7, 11) is 1.21. The summed E-state index contributed by atoms with van der Waals surface area (Å²) in [6, 6.07) is 8.80. The van der Waals surface area contributed by atoms with Crippen LogP contribution in [0.5, 0.6) is 0 Å². The summed E-state index contributed by atoms with van der Waals surface area (Å²) in [6.45, 7) is 2.28. The molecule has 7 heteroatoms. The first-order chi connectivity index (χ1) is 11.5. The molecule has 1 aromatic carbocycles. The van der Waals surface area contributed by atoms with Crippen molar-refractivity contribution in [2.24, 2.45) is 0 Å². The lowest BCUT2D eigenvalue weighted by Gasteiger charge is -2.18. The molecule has 1 aromatic rings. The molecule has 24 heavy (non-hydrogen) atoms. The summed E-state index contributed by atoms with van der Waals surface area (Å²) >= 11 is 0. The van der Waals surface area contributed by atoms with Crippen LogP contribution in [0.2, 0.25) is 0 Å². The highest BCUT2D eigenvalue weighted by molar-refractivity contribution is 5.91. The average molecular weight is 334 g/mol. The molecule has 0 aliphatic heterocycles. The Balaban J connectivity index is 2.60. The molecule has 0 saturated heterocycles. The van der Waals surface area contributed by atoms with E-state index in [1.807, 2.05) is 37.3 Å². The predicted octanol–water partition coefficient (Wildman–Crippen LogP) is 1.19. The summed E-state index contributed by atoms with van der Waals surface area (Å²) in [5.74, 6) is -1.33. The zero-order chi connectivity index (χ0) is 17.8. The van der Waals surface area contributed by atoms with Gasteiger partial charge in [0.1, 0.15) is 6.61 Å². The van der Waals surface area contributed by atoms with Crippen LogP contribution >= 0.6 is 0 Å². The number of ether oxygens (including phenoxy) is 2. The van der Waals surface area contributed by atoms with E-state index >= 15 is 0 Å². The zero-order valence-electron chi connectivity index (χ0n) is 13.8. The fourth-order valence-electron chi connectivity index (χ4n) is 1.88. The monoisotopic (exact) mass is 334 g/mol. The zero-order valence-corrected chi connectivity index (χ0v) is 13.8. The van der Waals surface area contributed by atoms with Crippen LogP contribution in [-0.4, -0.2) is 44.3 Å². The molecule has 1 atom stereocenters. The molecule has 2 amide bonds. The van der Waals surface area contributed by atoms with Gasteiger partial charge < -0.3 is 20.1 Å². The Morgan fingerprint density at radius 2 is 1.79 bits per heavy atom. The number of amides is 2. The number of rotatable bonds is 8. The Kier molecular flexibility index (Phi) is 8.67. The van der Waals surface area contributed by atoms with E-state index < -0.39 is 18.0 Å². The van der Waals surface area contributed by atoms with Gasteiger partial charge in [0.25, 0.3) is 0 Å². The molecule has 0 spiro atoms. The number of carbonyl (C=O) groups excluding carboxylic acids is 3. The van der Waals surface area contributed by atoms with Crippen molar-refractivity contribution < 1.29 is 23.9 Å². The van der Waals surface area contributed by atoms with E-state index in [-0.39, 0.29) is 12.6 Å². The number of hydrogen-bond donors (Lipinski definition) is 2. The second kappa shape index (κ2) is 10.8. The predicted molar refractivity (Wildman–Crippen MR) is 88.3 cm³/mol. The van der Waals surface area contributed by atoms with Crippen molar-refractivity contribution in [3.05, 3.63) is 48.0 Å². The van der Waals surface area contributed by atoms with Gasteiger partial charge in [-0.15, -0.1) is 0 Å². The highest BCUT2D eigenvalue weighted by atomic mass is 16.5. The molecule has 1 rings (SSSR count). The minimum atomic E-state index is -0.684. The summed E-state index contributed by atoms with van der Waals surface area (Å²) in [5, 5.41) is 5.39. The molecule has 0 bridgehead atoms. The Bertz CT molecular complexity index is 572. The first kappa shape index (κ1) is 19.2. The third kappa shape index (κ3) is 7.98. The van der Waals surface area contributed by atoms with E-state index in [0.717, 1.165) is 17.7 Å². The van der Waals surface area contributed by atoms with Gasteiger partial charge in [-0.3, -0.25) is 0 Å². The molecule has 0 radical (unpaired) electrons. The van der Waals surface area contributed by atoms with Crippen LogP contribution < -0.4 is 10.6 Å². The fraction of sp³-hybridized carbons (Fsp3) is 0.353. The molecule has 0 aromatic heterocycles. The molecular formula is C17H22N2O5. The van der Waals surface area contributed by atoms with Crippen LogP contribution in [0.15, 0.2) is 42.5 Å². The fourth-order valence-corrected chi connectivity index (χ4v) is 1.88. The molecular weight excluding hydrogens is 312 g/mol. The lowest BCUT2D eigenvalue weighted by molar-refractivity contribution is -0.139. The van der Waals surface area contributed by atoms with Crippen molar-refractivity contribution in [2.75, 3.05) is 20.3 Å². The molecule has 0 fully saturated rings. The van der Waals surface area contributed by atoms with Gasteiger partial charge in [-0.05, 0) is 18.9 Å². The third-order valence-electron chi connectivity index (χ3n) is 2.98. The van der Waals surface area contributed by atoms with Gasteiger partial charge in [-0.2, -0.15) is 0 Å². The lowest BCUT2D eigenvalue weighted by atomic mass is 10.1. The molecule has 130 valence electrons. The highest BCUT2D eigenvalue weighted by Crippen LogP contribution is 2.04. The minimum absolute atomic E-state index is 0.0175. The van der Waals surface area contributed by atoms with Gasteiger partial charge in [0.15, 0.2) is 0 Å². The summed E-state index contributed by atoms with van der Waals surface area (Å²) in [6.07, 6.45) is 2.47. The van der Waals surface area contributed by atoms with Gasteiger partial charge in [-0.25, -0.2) is 14.4 Å². The quantitative estimate of drug-likeness (QED) is 0.550. The minimum Gasteiger partial charge on any atom is -0.466 e. The van der Waals surface area contributed by atoms with Gasteiger partial charge in [0.05, 0.1) is 13.2 Å². The average Bonchev–Trinajstić information content (AvgIpc) is 2.58. The van der Waals surface area contributed by atoms with Gasteiger partial charge in [0, 0.05) is 18.7 Å². The largest absolute Gasteiger partial charge is 0.466 e. The number of nitrogens with one attached hydrogen (secondary N) is 2. The summed E-state index contributed by atoms with van der Waals surface area (Å²) in [5.41, 5.74) is 1.00. The number of urea groups is 1. The van der Waals surface area contributed by atoms with Crippen molar-refractivity contribution in [1.29, 1.82) is 0 Å². The van der Waals surface area contributed by atoms with Crippen LogP contribution in [0.1, 0.15) is 12.5 Å². The van der Waals surface area contributed by atoms with E-state index in [9.17, 15) is 14.4 Å². The topological polar surface area (TPSA) is 93.7 Å². The second-order valence-electron chi connectivity index (χ2n) is 4.88. The molecule has 0 saturated carbocycles. The van der Waals surface area contributed by atoms with Crippen LogP contribution in [0.25, 0.3) is 0 Å². The van der Waals surface area contributed by atoms with Gasteiger partial charge >= 0.3 is 18.0 Å². The normalized spacial score (nSPS) is 11.6. The number of carbonyl (C=O) groups is 3. The Hall–Kier alpha value is -2.83. The molecule has 0 heterocycles. The lowest BCUT2D eigenvalue weighted by Crippen LogP contribution is -2.45. The maximum atomic E-state index is 11.7. The van der Waals surface area contributed by atoms with Crippen molar-refractivity contribution >= 4 is 18.0 Å². The summed E-state index contributed by atoms with van der Waals surface area (Å²) < 4.78 is 9.46. The maximum absolute atomic E-state index is 11.7. The summed E-state index contributed by atoms with van der Waals surface area (Å²) in [4.78, 5) is 34.2. The number of methoxy groups -OCH3 is 1. The van der Waals surface area contributed by atoms with Gasteiger partial charge in [0.2, 0.25) is 0 Å². The van der Waals surface area contributed by atoms with Crippen LogP contribution in [-0.2, 0) is 25.5 Å². The van der Waals surface area contributed by atoms with E-state index in [1.165, 1.54) is 7.11 Å². The number of hydrogen-bond acceptors (Lipinski definition) is 5. The number of esters is 2. The third-order valence-corrected chi connectivity index (χ3v) is 2.98. The molecule has 2 N–H and O–H groups in total. The number of benzene rings is 1. The second-order valence-corrected chi connectivity index (χ2v) is 4.88. The first-order valence-electron chi connectivity index (χ1n) is 7.56. The molecule has 0 aliphatic carbocycles. The first-order valence-corrected chi connectivity index (χ1v) is 7.56. The SMILES string of the molecule is CCNC(=O)N[C@@H](COC(=O)/C=C/C(=O)OC)Cc1ccccc1. The standard InChI is InChI=1S/C17H22N2O5/c1-3-18-17(22)19-14(11-13-7-5-4-6-8-13)12-24-16(21)10-9-15(20)23-2/h4-10,14H,3,11-12H2,1-2H3,(H2,18,19,22)/b10-9+/t14-/m1/s1. The Morgan fingerprint density at radius 1 is 1.12 bits per heavy atom. The van der Waals surface area contributed by atoms with E-state index in [1.54, 1.807) is 0 Å². The molecule has 0 aliphatic rings. The van der Waals surface area contributed by atoms with Crippen LogP contribution in [0.3, 0.4) is 0 Å². The highest BCUT2D eigenvalue weighted by Gasteiger charge is 2.14. The van der Waals surface area contributed by atoms with Gasteiger partial charge in [-0.1, -0.05) is 30.3 Å². The maximum Gasteiger partial charge on any atom is 0.331 e. The van der Waals surface area contributed by atoms with E-state index in [4.69, 9.17) is 4.74 Å². The smallest absolute Gasteiger partial charge is 0.331 e. The van der Waals surface area contributed by atoms with Crippen molar-refractivity contribution in [2.45, 2.75) is 19.4 Å². The van der Waals surface area contributed by atoms with E-state index in [0.29, 0.717) is 13.0 Å². The Labute approximate surface area is 141 Å². The van der Waals surface area contributed by atoms with Crippen LogP contribution in [0.4, 0.5) is 4.79 Å². The molecule has 0 unspecified atom stereocenters. The van der Waals surface area contributed by atoms with Crippen molar-refractivity contribution in [1.82, 2.24) is 10.6 Å². The van der Waals surface area contributed by atoms with Crippen molar-refractivity contribution in [3.63, 3.8) is 0 Å². The van der Waals surface area contributed by atoms with Crippen molar-refractivity contribution in [3.8, 4) is 0 Å². The van der Waals surface area contributed by atoms with E-state index in [2.05, 4.69) is 15.4 Å². The van der Waals surface area contributed by atoms with Crippen LogP contribution in [0, 0.1) is 0 Å². The molecule has 7 nitrogen and oxygen atoms in total.